The van der Waals surface area contributed by atoms with Crippen LogP contribution >= 0.6 is 0 Å². The highest BCUT2D eigenvalue weighted by Gasteiger charge is 2.34. The van der Waals surface area contributed by atoms with E-state index in [4.69, 9.17) is 10.5 Å². The van der Waals surface area contributed by atoms with Gasteiger partial charge in [0.1, 0.15) is 11.6 Å². The number of nitrogens with zero attached hydrogens (tertiary/aromatic N) is 3. The number of H-pyrrole nitrogens is 1. The molecule has 0 radical (unpaired) electrons. The van der Waals surface area contributed by atoms with Gasteiger partial charge in [-0.25, -0.2) is 0 Å². The van der Waals surface area contributed by atoms with Crippen LogP contribution in [0.1, 0.15) is 36.6 Å². The number of hydrogen-bond donors (Lipinski definition) is 2. The molecule has 0 spiro atoms. The van der Waals surface area contributed by atoms with E-state index in [1.54, 1.807) is 0 Å². The summed E-state index contributed by atoms with van der Waals surface area (Å²) in [6.07, 6.45) is 0. The molecule has 2 heterocycles. The van der Waals surface area contributed by atoms with E-state index in [9.17, 15) is 5.26 Å². The number of aromatic amines is 1. The monoisotopic (exact) mass is 323 g/mol. The van der Waals surface area contributed by atoms with Gasteiger partial charge in [0.2, 0.25) is 11.8 Å². The molecule has 1 aromatic carbocycles. The Kier molecular flexibility index (Phi) is 4.17. The maximum atomic E-state index is 9.56. The van der Waals surface area contributed by atoms with Gasteiger partial charge in [-0.3, -0.25) is 5.10 Å². The lowest BCUT2D eigenvalue weighted by atomic mass is 9.84. The molecule has 6 nitrogen and oxygen atoms in total. The summed E-state index contributed by atoms with van der Waals surface area (Å²) in [5.74, 6) is 0.305. The van der Waals surface area contributed by atoms with Crippen LogP contribution in [0.3, 0.4) is 0 Å². The van der Waals surface area contributed by atoms with Crippen LogP contribution in [-0.4, -0.2) is 23.3 Å². The first-order valence-corrected chi connectivity index (χ1v) is 8.08. The van der Waals surface area contributed by atoms with Gasteiger partial charge in [0.25, 0.3) is 0 Å². The topological polar surface area (TPSA) is 91.0 Å². The molecule has 0 aliphatic carbocycles. The first-order valence-electron chi connectivity index (χ1n) is 8.08. The van der Waals surface area contributed by atoms with Crippen LogP contribution in [-0.2, 0) is 0 Å². The summed E-state index contributed by atoms with van der Waals surface area (Å²) < 4.78 is 5.49. The molecule has 1 atom stereocenters. The molecule has 1 unspecified atom stereocenters. The van der Waals surface area contributed by atoms with Gasteiger partial charge >= 0.3 is 0 Å². The Labute approximate surface area is 141 Å². The van der Waals surface area contributed by atoms with Crippen molar-refractivity contribution in [3.05, 3.63) is 52.5 Å². The fourth-order valence-electron chi connectivity index (χ4n) is 3.20. The second-order valence-corrected chi connectivity index (χ2v) is 5.76. The number of benzene rings is 1. The second kappa shape index (κ2) is 6.28. The van der Waals surface area contributed by atoms with Gasteiger partial charge in [0, 0.05) is 30.0 Å². The lowest BCUT2D eigenvalue weighted by Gasteiger charge is -2.25. The van der Waals surface area contributed by atoms with Crippen molar-refractivity contribution in [2.45, 2.75) is 26.7 Å². The van der Waals surface area contributed by atoms with E-state index in [2.05, 4.69) is 47.1 Å². The van der Waals surface area contributed by atoms with Gasteiger partial charge in [-0.2, -0.15) is 5.26 Å². The average molecular weight is 323 g/mol. The molecular formula is C18H21N5O. The highest BCUT2D eigenvalue weighted by Crippen LogP contribution is 2.42. The van der Waals surface area contributed by atoms with E-state index in [1.807, 2.05) is 19.1 Å². The van der Waals surface area contributed by atoms with Crippen molar-refractivity contribution in [3.8, 4) is 11.9 Å². The second-order valence-electron chi connectivity index (χ2n) is 5.76. The number of aromatic nitrogens is 2. The molecule has 124 valence electrons. The van der Waals surface area contributed by atoms with Crippen molar-refractivity contribution in [1.29, 1.82) is 5.26 Å². The number of fused-ring (bicyclic) bond motifs is 1. The molecule has 3 N–H and O–H groups in total. The minimum absolute atomic E-state index is 0.120. The van der Waals surface area contributed by atoms with Crippen LogP contribution in [0.2, 0.25) is 0 Å². The van der Waals surface area contributed by atoms with E-state index in [-0.39, 0.29) is 11.8 Å². The van der Waals surface area contributed by atoms with Crippen molar-refractivity contribution < 1.29 is 4.74 Å². The number of anilines is 1. The van der Waals surface area contributed by atoms with E-state index < -0.39 is 0 Å². The van der Waals surface area contributed by atoms with Crippen LogP contribution in [0.5, 0.6) is 5.88 Å². The molecule has 3 rings (SSSR count). The van der Waals surface area contributed by atoms with Gasteiger partial charge in [-0.15, -0.1) is 5.10 Å². The van der Waals surface area contributed by atoms with E-state index in [1.165, 1.54) is 0 Å². The number of aryl methyl sites for hydroxylation is 1. The summed E-state index contributed by atoms with van der Waals surface area (Å²) in [7, 11) is 0. The highest BCUT2D eigenvalue weighted by atomic mass is 16.5. The Bertz CT molecular complexity index is 809. The third-order valence-corrected chi connectivity index (χ3v) is 4.48. The predicted octanol–water partition coefficient (Wildman–Crippen LogP) is 2.78. The van der Waals surface area contributed by atoms with Gasteiger partial charge in [-0.05, 0) is 38.5 Å². The third kappa shape index (κ3) is 2.48. The molecule has 1 aliphatic rings. The lowest BCUT2D eigenvalue weighted by molar-refractivity contribution is 0.379. The van der Waals surface area contributed by atoms with Crippen molar-refractivity contribution in [3.63, 3.8) is 0 Å². The molecule has 0 saturated heterocycles. The zero-order valence-corrected chi connectivity index (χ0v) is 14.1. The highest BCUT2D eigenvalue weighted by molar-refractivity contribution is 5.57. The summed E-state index contributed by atoms with van der Waals surface area (Å²) in [5.41, 5.74) is 10.3. The van der Waals surface area contributed by atoms with Crippen molar-refractivity contribution in [2.24, 2.45) is 5.73 Å². The summed E-state index contributed by atoms with van der Waals surface area (Å²) in [6.45, 7) is 8.09. The summed E-state index contributed by atoms with van der Waals surface area (Å²) in [5, 5.41) is 16.6. The molecule has 0 bridgehead atoms. The number of nitriles is 1. The van der Waals surface area contributed by atoms with Gasteiger partial charge in [0.15, 0.2) is 0 Å². The van der Waals surface area contributed by atoms with Gasteiger partial charge in [0.05, 0.1) is 5.92 Å². The van der Waals surface area contributed by atoms with Crippen LogP contribution in [0.15, 0.2) is 35.7 Å². The van der Waals surface area contributed by atoms with Crippen LogP contribution in [0.4, 0.5) is 5.69 Å². The molecule has 0 saturated carbocycles. The molecule has 24 heavy (non-hydrogen) atoms. The molecule has 2 aromatic rings. The lowest BCUT2D eigenvalue weighted by Crippen LogP contribution is -2.22. The number of nitrogens with one attached hydrogen (secondary N) is 1. The minimum atomic E-state index is -0.261. The summed E-state index contributed by atoms with van der Waals surface area (Å²) in [4.78, 5) is 2.28. The van der Waals surface area contributed by atoms with Crippen LogP contribution < -0.4 is 15.4 Å². The standard InChI is InChI=1S/C18H21N5O/c1-4-23(5-2)13-8-6-12(7-9-13)16-14(10-19)17(20)24-18-15(16)11(3)21-22-18/h6-9,16H,4-5,20H2,1-3H3,(H,21,22). The van der Waals surface area contributed by atoms with Crippen molar-refractivity contribution in [2.75, 3.05) is 18.0 Å². The molecule has 0 fully saturated rings. The SMILES string of the molecule is CCN(CC)c1ccc(C2C(C#N)=C(N)Oc3n[nH]c(C)c32)cc1. The van der Waals surface area contributed by atoms with Gasteiger partial charge in [-0.1, -0.05) is 12.1 Å². The molecule has 0 amide bonds. The maximum absolute atomic E-state index is 9.56. The fourth-order valence-corrected chi connectivity index (χ4v) is 3.20. The predicted molar refractivity (Wildman–Crippen MR) is 92.6 cm³/mol. The number of allylic oxidation sites excluding steroid dienone is 1. The first-order chi connectivity index (χ1) is 11.6. The van der Waals surface area contributed by atoms with E-state index in [0.29, 0.717) is 11.5 Å². The van der Waals surface area contributed by atoms with Crippen LogP contribution in [0, 0.1) is 18.3 Å². The Morgan fingerprint density at radius 1 is 1.29 bits per heavy atom. The molecular weight excluding hydrogens is 302 g/mol. The Balaban J connectivity index is 2.07. The Hall–Kier alpha value is -2.94. The summed E-state index contributed by atoms with van der Waals surface area (Å²) in [6, 6.07) is 10.5. The number of nitrogens with two attached hydrogens (primary N) is 1. The van der Waals surface area contributed by atoms with Crippen molar-refractivity contribution in [1.82, 2.24) is 10.2 Å². The minimum Gasteiger partial charge on any atom is -0.420 e. The van der Waals surface area contributed by atoms with E-state index in [0.717, 1.165) is 35.6 Å². The molecule has 1 aliphatic heterocycles. The summed E-state index contributed by atoms with van der Waals surface area (Å²) >= 11 is 0. The first kappa shape index (κ1) is 15.9. The smallest absolute Gasteiger partial charge is 0.244 e. The Morgan fingerprint density at radius 2 is 1.96 bits per heavy atom. The van der Waals surface area contributed by atoms with E-state index >= 15 is 0 Å². The zero-order chi connectivity index (χ0) is 17.3. The Morgan fingerprint density at radius 3 is 2.54 bits per heavy atom. The number of hydrogen-bond acceptors (Lipinski definition) is 5. The number of rotatable bonds is 4. The third-order valence-electron chi connectivity index (χ3n) is 4.48. The average Bonchev–Trinajstić information content (AvgIpc) is 2.96. The molecule has 6 heteroatoms. The fraction of sp³-hybridized carbons (Fsp3) is 0.333. The maximum Gasteiger partial charge on any atom is 0.244 e. The number of ether oxygens (including phenoxy) is 1. The van der Waals surface area contributed by atoms with Crippen LogP contribution in [0.25, 0.3) is 0 Å². The zero-order valence-electron chi connectivity index (χ0n) is 14.1. The quantitative estimate of drug-likeness (QED) is 0.903. The largest absolute Gasteiger partial charge is 0.420 e. The molecule has 1 aromatic heterocycles. The normalized spacial score (nSPS) is 16.3. The van der Waals surface area contributed by atoms with Crippen molar-refractivity contribution >= 4 is 5.69 Å². The van der Waals surface area contributed by atoms with Gasteiger partial charge < -0.3 is 15.4 Å².